The Morgan fingerprint density at radius 3 is 1.89 bits per heavy atom. The molecule has 0 spiro atoms. The molecule has 0 amide bonds. The van der Waals surface area contributed by atoms with Crippen molar-refractivity contribution in [2.45, 2.75) is 0 Å². The SMILES string of the molecule is O=C(Oc1ccc(C(=O)Oc2c(F)c(F)c(C(=O)[O-])c(F)c2F)c2ccccc12)c1cc(Br)cc(Br)c1Br. The van der Waals surface area contributed by atoms with Crippen LogP contribution in [0, 0.1) is 23.3 Å². The molecule has 0 saturated heterocycles. The number of fused-ring (bicyclic) bond motifs is 1. The molecule has 0 N–H and O–H groups in total. The van der Waals surface area contributed by atoms with E-state index in [2.05, 4.69) is 52.5 Å². The first-order chi connectivity index (χ1) is 17.9. The topological polar surface area (TPSA) is 92.7 Å². The summed E-state index contributed by atoms with van der Waals surface area (Å²) in [5.74, 6) is -15.5. The summed E-state index contributed by atoms with van der Waals surface area (Å²) in [5.41, 5.74) is -2.13. The Bertz CT molecular complexity index is 1650. The van der Waals surface area contributed by atoms with Gasteiger partial charge >= 0.3 is 11.9 Å². The summed E-state index contributed by atoms with van der Waals surface area (Å²) in [7, 11) is 0. The minimum absolute atomic E-state index is 0.0120. The van der Waals surface area contributed by atoms with Crippen LogP contribution in [0.25, 0.3) is 10.8 Å². The fraction of sp³-hybridized carbons (Fsp3) is 0. The zero-order valence-corrected chi connectivity index (χ0v) is 23.0. The maximum absolute atomic E-state index is 14.3. The molecule has 4 aromatic rings. The third kappa shape index (κ3) is 5.05. The van der Waals surface area contributed by atoms with Crippen molar-refractivity contribution >= 4 is 76.5 Å². The quantitative estimate of drug-likeness (QED) is 0.101. The predicted octanol–water partition coefficient (Wildman–Crippen LogP) is 6.49. The highest BCUT2D eigenvalue weighted by Crippen LogP contribution is 2.35. The van der Waals surface area contributed by atoms with Crippen molar-refractivity contribution in [2.24, 2.45) is 0 Å². The van der Waals surface area contributed by atoms with Gasteiger partial charge in [0.05, 0.1) is 22.7 Å². The van der Waals surface area contributed by atoms with Crippen LogP contribution in [0.3, 0.4) is 0 Å². The van der Waals surface area contributed by atoms with Gasteiger partial charge in [-0.05, 0) is 61.5 Å². The number of halogens is 7. The molecule has 194 valence electrons. The number of hydrogen-bond donors (Lipinski definition) is 0. The monoisotopic (exact) mass is 717 g/mol. The lowest BCUT2D eigenvalue weighted by molar-refractivity contribution is -0.255. The lowest BCUT2D eigenvalue weighted by Gasteiger charge is -2.14. The number of hydrogen-bond acceptors (Lipinski definition) is 6. The highest BCUT2D eigenvalue weighted by Gasteiger charge is 2.29. The first kappa shape index (κ1) is 27.7. The first-order valence-electron chi connectivity index (χ1n) is 10.1. The molecule has 0 aliphatic heterocycles. The van der Waals surface area contributed by atoms with Crippen LogP contribution >= 0.6 is 47.8 Å². The third-order valence-electron chi connectivity index (χ3n) is 5.14. The van der Waals surface area contributed by atoms with Gasteiger partial charge in [-0.3, -0.25) is 0 Å². The number of carbonyl (C=O) groups excluding carboxylic acids is 3. The summed E-state index contributed by atoms with van der Waals surface area (Å²) < 4.78 is 68.3. The summed E-state index contributed by atoms with van der Waals surface area (Å²) in [4.78, 5) is 36.5. The molecule has 0 heterocycles. The first-order valence-corrected chi connectivity index (χ1v) is 12.5. The van der Waals surface area contributed by atoms with Crippen molar-refractivity contribution in [1.29, 1.82) is 0 Å². The number of esters is 2. The largest absolute Gasteiger partial charge is 0.545 e. The molecule has 4 aromatic carbocycles. The minimum Gasteiger partial charge on any atom is -0.545 e. The molecule has 0 fully saturated rings. The summed E-state index contributed by atoms with van der Waals surface area (Å²) >= 11 is 9.88. The van der Waals surface area contributed by atoms with Gasteiger partial charge in [0.2, 0.25) is 17.4 Å². The summed E-state index contributed by atoms with van der Waals surface area (Å²) in [5, 5.41) is 11.1. The predicted molar refractivity (Wildman–Crippen MR) is 134 cm³/mol. The van der Waals surface area contributed by atoms with Gasteiger partial charge in [0.25, 0.3) is 0 Å². The van der Waals surface area contributed by atoms with E-state index < -0.39 is 52.5 Å². The second kappa shape index (κ2) is 10.8. The van der Waals surface area contributed by atoms with Gasteiger partial charge in [-0.2, -0.15) is 8.78 Å². The van der Waals surface area contributed by atoms with E-state index in [1.165, 1.54) is 30.3 Å². The normalized spacial score (nSPS) is 10.9. The van der Waals surface area contributed by atoms with Gasteiger partial charge in [0.1, 0.15) is 5.75 Å². The maximum atomic E-state index is 14.3. The van der Waals surface area contributed by atoms with Crippen molar-refractivity contribution in [1.82, 2.24) is 0 Å². The highest BCUT2D eigenvalue weighted by atomic mass is 79.9. The van der Waals surface area contributed by atoms with E-state index in [0.29, 0.717) is 13.4 Å². The van der Waals surface area contributed by atoms with Crippen LogP contribution in [0.15, 0.2) is 61.9 Å². The molecule has 4 rings (SSSR count). The molecule has 0 saturated carbocycles. The van der Waals surface area contributed by atoms with E-state index in [4.69, 9.17) is 4.74 Å². The molecule has 0 bridgehead atoms. The van der Waals surface area contributed by atoms with Crippen molar-refractivity contribution in [3.05, 3.63) is 102 Å². The van der Waals surface area contributed by atoms with Crippen LogP contribution in [0.4, 0.5) is 17.6 Å². The molecular formula is C25H8Br3F4O6-. The van der Waals surface area contributed by atoms with Gasteiger partial charge < -0.3 is 19.4 Å². The average molecular weight is 720 g/mol. The van der Waals surface area contributed by atoms with Crippen molar-refractivity contribution in [2.75, 3.05) is 0 Å². The third-order valence-corrected chi connectivity index (χ3v) is 7.61. The fourth-order valence-corrected chi connectivity index (χ4v) is 5.04. The van der Waals surface area contributed by atoms with Crippen LogP contribution < -0.4 is 14.6 Å². The van der Waals surface area contributed by atoms with Gasteiger partial charge in [0.15, 0.2) is 11.6 Å². The smallest absolute Gasteiger partial charge is 0.344 e. The molecule has 0 atom stereocenters. The van der Waals surface area contributed by atoms with Crippen LogP contribution in [-0.4, -0.2) is 17.9 Å². The van der Waals surface area contributed by atoms with Gasteiger partial charge in [-0.25, -0.2) is 18.4 Å². The molecule has 0 unspecified atom stereocenters. The van der Waals surface area contributed by atoms with E-state index in [1.54, 1.807) is 12.1 Å². The Balaban J connectivity index is 1.72. The van der Waals surface area contributed by atoms with E-state index in [9.17, 15) is 37.1 Å². The minimum atomic E-state index is -2.51. The second-order valence-corrected chi connectivity index (χ2v) is 10.00. The van der Waals surface area contributed by atoms with Crippen molar-refractivity contribution in [3.8, 4) is 11.5 Å². The molecule has 6 nitrogen and oxygen atoms in total. The Labute approximate surface area is 235 Å². The number of aromatic carboxylic acids is 1. The number of benzene rings is 4. The lowest BCUT2D eigenvalue weighted by atomic mass is 10.0. The second-order valence-electron chi connectivity index (χ2n) is 7.43. The Kier molecular flexibility index (Phi) is 7.90. The van der Waals surface area contributed by atoms with Crippen LogP contribution in [0.5, 0.6) is 11.5 Å². The average Bonchev–Trinajstić information content (AvgIpc) is 2.87. The molecule has 0 aromatic heterocycles. The van der Waals surface area contributed by atoms with Gasteiger partial charge in [-0.15, -0.1) is 0 Å². The molecule has 0 aliphatic carbocycles. The van der Waals surface area contributed by atoms with Gasteiger partial charge in [0, 0.05) is 18.8 Å². The van der Waals surface area contributed by atoms with Crippen LogP contribution in [-0.2, 0) is 0 Å². The van der Waals surface area contributed by atoms with E-state index in [-0.39, 0.29) is 27.6 Å². The van der Waals surface area contributed by atoms with Crippen LogP contribution in [0.1, 0.15) is 31.1 Å². The maximum Gasteiger partial charge on any atom is 0.344 e. The van der Waals surface area contributed by atoms with Crippen molar-refractivity contribution in [3.63, 3.8) is 0 Å². The van der Waals surface area contributed by atoms with Gasteiger partial charge in [-0.1, -0.05) is 40.2 Å². The summed E-state index contributed by atoms with van der Waals surface area (Å²) in [6.07, 6.45) is 0. The Morgan fingerprint density at radius 1 is 0.711 bits per heavy atom. The van der Waals surface area contributed by atoms with Crippen LogP contribution in [0.2, 0.25) is 0 Å². The number of rotatable bonds is 5. The molecule has 0 radical (unpaired) electrons. The standard InChI is InChI=1S/C25H9Br3F4O6/c26-9-7-13(17(28)14(27)8-9)25(36)37-15-6-5-12(10-3-1-2-4-11(10)15)24(35)38-22-20(31)18(29)16(23(33)34)19(30)21(22)32/h1-8H,(H,33,34)/p-1. The fourth-order valence-electron chi connectivity index (χ4n) is 3.43. The number of carboxylic acids is 1. The number of carboxylic acid groups (broad SMARTS) is 1. The molecular weight excluding hydrogens is 712 g/mol. The van der Waals surface area contributed by atoms with E-state index in [1.807, 2.05) is 0 Å². The molecule has 0 aliphatic rings. The Hall–Kier alpha value is -3.29. The molecule has 38 heavy (non-hydrogen) atoms. The van der Waals surface area contributed by atoms with E-state index >= 15 is 0 Å². The number of ether oxygens (including phenoxy) is 2. The summed E-state index contributed by atoms with van der Waals surface area (Å²) in [6, 6.07) is 11.5. The highest BCUT2D eigenvalue weighted by molar-refractivity contribution is 9.13. The lowest BCUT2D eigenvalue weighted by Crippen LogP contribution is -2.27. The summed E-state index contributed by atoms with van der Waals surface area (Å²) in [6.45, 7) is 0. The number of carbonyl (C=O) groups is 3. The zero-order chi connectivity index (χ0) is 27.9. The molecule has 13 heteroatoms. The zero-order valence-electron chi connectivity index (χ0n) is 18.2. The van der Waals surface area contributed by atoms with E-state index in [0.717, 1.165) is 6.07 Å². The van der Waals surface area contributed by atoms with Crippen molar-refractivity contribution < 1.29 is 46.5 Å². The Morgan fingerprint density at radius 2 is 1.29 bits per heavy atom.